The van der Waals surface area contributed by atoms with E-state index >= 15 is 0 Å². The van der Waals surface area contributed by atoms with Crippen LogP contribution in [-0.4, -0.2) is 42.1 Å². The molecule has 0 spiro atoms. The van der Waals surface area contributed by atoms with Gasteiger partial charge in [-0.1, -0.05) is 35.3 Å². The average molecular weight is 375 g/mol. The van der Waals surface area contributed by atoms with Gasteiger partial charge in [-0.05, 0) is 5.92 Å². The topological polar surface area (TPSA) is 40.0 Å². The molecular weight excluding hydrogens is 360 g/mol. The molecule has 1 fully saturated rings. The maximum Gasteiger partial charge on any atom is 0.218 e. The molecule has 3 aliphatic rings. The zero-order valence-electron chi connectivity index (χ0n) is 11.8. The quantitative estimate of drug-likeness (QED) is 0.558. The second-order valence-electron chi connectivity index (χ2n) is 5.51. The smallest absolute Gasteiger partial charge is 0.218 e. The lowest BCUT2D eigenvalue weighted by Crippen LogP contribution is -2.57. The Morgan fingerprint density at radius 2 is 1.71 bits per heavy atom. The fraction of sp³-hybridized carbons (Fsp3) is 0.769. The molecule has 0 N–H and O–H groups in total. The molecule has 118 valence electrons. The molecule has 4 atom stereocenters. The third-order valence-corrected chi connectivity index (χ3v) is 7.63. The number of hydrogen-bond acceptors (Lipinski definition) is 4. The minimum absolute atomic E-state index is 0.188. The highest BCUT2D eigenvalue weighted by Gasteiger charge is 2.84. The van der Waals surface area contributed by atoms with Crippen molar-refractivity contribution >= 4 is 52.1 Å². The zero-order chi connectivity index (χ0) is 15.6. The molecule has 4 nitrogen and oxygen atoms in total. The molecule has 2 bridgehead atoms. The van der Waals surface area contributed by atoms with Crippen molar-refractivity contribution in [2.45, 2.75) is 28.9 Å². The van der Waals surface area contributed by atoms with Gasteiger partial charge < -0.3 is 14.3 Å². The van der Waals surface area contributed by atoms with Crippen molar-refractivity contribution in [1.82, 2.24) is 0 Å². The highest BCUT2D eigenvalue weighted by molar-refractivity contribution is 6.52. The van der Waals surface area contributed by atoms with Gasteiger partial charge in [0.25, 0.3) is 0 Å². The zero-order valence-corrected chi connectivity index (χ0v) is 14.8. The van der Waals surface area contributed by atoms with E-state index in [1.165, 1.54) is 14.2 Å². The summed E-state index contributed by atoms with van der Waals surface area (Å²) in [5.41, 5.74) is 0.806. The van der Waals surface area contributed by atoms with Crippen LogP contribution in [-0.2, 0) is 14.3 Å². The van der Waals surface area contributed by atoms with Crippen LogP contribution in [0.1, 0.15) is 13.3 Å². The Kier molecular flexibility index (Phi) is 3.76. The van der Waals surface area contributed by atoms with Crippen molar-refractivity contribution in [2.24, 2.45) is 17.0 Å². The lowest BCUT2D eigenvalue weighted by atomic mass is 9.79. The minimum atomic E-state index is -1.37. The summed E-state index contributed by atoms with van der Waals surface area (Å²) in [5.74, 6) is -1.84. The molecule has 0 aromatic rings. The number of halogens is 4. The molecular formula is C13H15Cl4NO3. The van der Waals surface area contributed by atoms with Crippen LogP contribution in [0.3, 0.4) is 0 Å². The molecule has 2 aliphatic carbocycles. The first-order chi connectivity index (χ1) is 9.82. The normalized spacial score (nSPS) is 44.2. The van der Waals surface area contributed by atoms with Crippen LogP contribution >= 0.6 is 46.4 Å². The van der Waals surface area contributed by atoms with E-state index in [4.69, 9.17) is 60.7 Å². The summed E-state index contributed by atoms with van der Waals surface area (Å²) >= 11 is 26.7. The van der Waals surface area contributed by atoms with Gasteiger partial charge in [-0.3, -0.25) is 0 Å². The third kappa shape index (κ3) is 1.50. The predicted molar refractivity (Wildman–Crippen MR) is 83.3 cm³/mol. The van der Waals surface area contributed by atoms with Gasteiger partial charge in [0.05, 0.1) is 15.8 Å². The summed E-state index contributed by atoms with van der Waals surface area (Å²) in [5, 5.41) is 4.62. The summed E-state index contributed by atoms with van der Waals surface area (Å²) in [6, 6.07) is 0. The first kappa shape index (κ1) is 16.2. The molecule has 0 saturated heterocycles. The van der Waals surface area contributed by atoms with Crippen molar-refractivity contribution in [3.8, 4) is 0 Å². The summed E-state index contributed by atoms with van der Waals surface area (Å²) in [6.45, 7) is 2.46. The summed E-state index contributed by atoms with van der Waals surface area (Å²) in [7, 11) is 2.97. The Bertz CT molecular complexity index is 548. The van der Waals surface area contributed by atoms with Gasteiger partial charge in [-0.15, -0.1) is 23.2 Å². The number of hydrogen-bond donors (Lipinski definition) is 0. The van der Waals surface area contributed by atoms with Crippen LogP contribution < -0.4 is 0 Å². The fourth-order valence-electron chi connectivity index (χ4n) is 4.02. The molecule has 1 aliphatic heterocycles. The van der Waals surface area contributed by atoms with E-state index in [2.05, 4.69) is 5.16 Å². The number of alkyl halides is 2. The number of nitrogens with zero attached hydrogens (tertiary/aromatic N) is 1. The number of methoxy groups -OCH3 is 2. The van der Waals surface area contributed by atoms with E-state index in [1.54, 1.807) is 0 Å². The van der Waals surface area contributed by atoms with Gasteiger partial charge in [0, 0.05) is 26.6 Å². The van der Waals surface area contributed by atoms with Gasteiger partial charge >= 0.3 is 0 Å². The Balaban J connectivity index is 2.26. The SMILES string of the molecule is COC1(OC)[C@@]2(Cl)C(Cl)=C(Cl)[C@]1(Cl)[C@H](C)[C@@H]2C1=NOCC1. The molecule has 0 aromatic carbocycles. The van der Waals surface area contributed by atoms with E-state index < -0.39 is 15.5 Å². The molecule has 1 heterocycles. The number of ether oxygens (including phenoxy) is 2. The van der Waals surface area contributed by atoms with Crippen molar-refractivity contribution < 1.29 is 14.3 Å². The van der Waals surface area contributed by atoms with Crippen molar-refractivity contribution in [2.75, 3.05) is 20.8 Å². The number of rotatable bonds is 3. The molecule has 1 saturated carbocycles. The molecule has 3 rings (SSSR count). The second kappa shape index (κ2) is 4.89. The third-order valence-electron chi connectivity index (χ3n) is 4.91. The molecule has 0 unspecified atom stereocenters. The standard InChI is InChI=1S/C13H15Cl4NO3/c1-6-8(7-4-5-21-18-7)12(17)10(15)9(14)11(6,16)13(12,19-2)20-3/h6,8H,4-5H2,1-3H3/t6-,8-,11-,12+/m1/s1. The van der Waals surface area contributed by atoms with E-state index in [0.717, 1.165) is 5.71 Å². The van der Waals surface area contributed by atoms with E-state index in [1.807, 2.05) is 6.92 Å². The van der Waals surface area contributed by atoms with Gasteiger partial charge in [0.1, 0.15) is 16.4 Å². The highest BCUT2D eigenvalue weighted by Crippen LogP contribution is 2.74. The minimum Gasteiger partial charge on any atom is -0.395 e. The van der Waals surface area contributed by atoms with Crippen molar-refractivity contribution in [3.05, 3.63) is 10.1 Å². The Labute approximate surface area is 143 Å². The van der Waals surface area contributed by atoms with Gasteiger partial charge in [-0.2, -0.15) is 0 Å². The Morgan fingerprint density at radius 1 is 1.14 bits per heavy atom. The first-order valence-corrected chi connectivity index (χ1v) is 8.07. The van der Waals surface area contributed by atoms with Crippen LogP contribution in [0.25, 0.3) is 0 Å². The first-order valence-electron chi connectivity index (χ1n) is 6.56. The molecule has 8 heteroatoms. The van der Waals surface area contributed by atoms with E-state index in [0.29, 0.717) is 13.0 Å². The molecule has 0 amide bonds. The fourth-order valence-corrected chi connectivity index (χ4v) is 6.24. The van der Waals surface area contributed by atoms with Crippen molar-refractivity contribution in [1.29, 1.82) is 0 Å². The maximum absolute atomic E-state index is 6.95. The molecule has 0 aromatic heterocycles. The number of fused-ring (bicyclic) bond motifs is 2. The van der Waals surface area contributed by atoms with Crippen LogP contribution in [0.15, 0.2) is 15.2 Å². The summed E-state index contributed by atoms with van der Waals surface area (Å²) < 4.78 is 11.3. The van der Waals surface area contributed by atoms with Gasteiger partial charge in [0.15, 0.2) is 0 Å². The highest BCUT2D eigenvalue weighted by atomic mass is 35.5. The summed E-state index contributed by atoms with van der Waals surface area (Å²) in [6.07, 6.45) is 0.668. The van der Waals surface area contributed by atoms with Crippen LogP contribution in [0.2, 0.25) is 0 Å². The summed E-state index contributed by atoms with van der Waals surface area (Å²) in [4.78, 5) is 2.71. The van der Waals surface area contributed by atoms with Crippen LogP contribution in [0.5, 0.6) is 0 Å². The van der Waals surface area contributed by atoms with Crippen molar-refractivity contribution in [3.63, 3.8) is 0 Å². The lowest BCUT2D eigenvalue weighted by molar-refractivity contribution is -0.219. The largest absolute Gasteiger partial charge is 0.395 e. The predicted octanol–water partition coefficient (Wildman–Crippen LogP) is 3.68. The van der Waals surface area contributed by atoms with Crippen LogP contribution in [0, 0.1) is 11.8 Å². The monoisotopic (exact) mass is 373 g/mol. The maximum atomic E-state index is 6.95. The Hall–Kier alpha value is 0.290. The van der Waals surface area contributed by atoms with E-state index in [9.17, 15) is 0 Å². The lowest BCUT2D eigenvalue weighted by Gasteiger charge is -2.41. The van der Waals surface area contributed by atoms with Gasteiger partial charge in [-0.25, -0.2) is 0 Å². The van der Waals surface area contributed by atoms with Gasteiger partial charge in [0.2, 0.25) is 5.79 Å². The average Bonchev–Trinajstić information content (AvgIpc) is 3.06. The second-order valence-corrected chi connectivity index (χ2v) is 7.46. The van der Waals surface area contributed by atoms with E-state index in [-0.39, 0.29) is 21.9 Å². The number of oxime groups is 1. The van der Waals surface area contributed by atoms with Crippen LogP contribution in [0.4, 0.5) is 0 Å². The molecule has 21 heavy (non-hydrogen) atoms. The molecule has 0 radical (unpaired) electrons. The Morgan fingerprint density at radius 3 is 2.14 bits per heavy atom.